The van der Waals surface area contributed by atoms with Gasteiger partial charge in [0.1, 0.15) is 0 Å². The van der Waals surface area contributed by atoms with E-state index in [0.29, 0.717) is 0 Å². The molecule has 9 rings (SSSR count). The fourth-order valence-electron chi connectivity index (χ4n) is 20.0. The van der Waals surface area contributed by atoms with E-state index in [1.165, 1.54) is 448 Å². The van der Waals surface area contributed by atoms with E-state index in [4.69, 9.17) is 39.9 Å². The molecule has 0 atom stereocenters. The molecule has 7 aromatic rings. The summed E-state index contributed by atoms with van der Waals surface area (Å²) in [6, 6.07) is 20.1. The molecule has 0 saturated carbocycles. The third-order valence-electron chi connectivity index (χ3n) is 27.4. The molecule has 0 unspecified atom stereocenters. The van der Waals surface area contributed by atoms with E-state index in [2.05, 4.69) is 104 Å². The van der Waals surface area contributed by atoms with E-state index >= 15 is 0 Å². The zero-order valence-electron chi connectivity index (χ0n) is 79.8. The Bertz CT molecular complexity index is 3600. The number of nitrogens with zero attached hydrogens (tertiary/aromatic N) is 8. The smallest absolute Gasteiger partial charge is 0.357 e. The predicted molar refractivity (Wildman–Crippen MR) is 525 cm³/mol. The van der Waals surface area contributed by atoms with Crippen LogP contribution in [0.25, 0.3) is 89.7 Å². The van der Waals surface area contributed by atoms with Crippen LogP contribution in [0.5, 0.6) is 0 Å². The van der Waals surface area contributed by atoms with Gasteiger partial charge in [-0.2, -0.15) is 0 Å². The Kier molecular flexibility index (Phi) is 52.0. The summed E-state index contributed by atoms with van der Waals surface area (Å²) in [5.74, 6) is 3.09. The Hall–Kier alpha value is -5.14. The zero-order valence-corrected chi connectivity index (χ0v) is 82.8. The van der Waals surface area contributed by atoms with Crippen molar-refractivity contribution in [3.8, 4) is 45.6 Å². The normalized spacial score (nSPS) is 12.0. The number of fused-ring (bicyclic) bond motifs is 20. The van der Waals surface area contributed by atoms with Crippen LogP contribution in [0.4, 0.5) is 0 Å². The van der Waals surface area contributed by atoms with E-state index < -0.39 is 0 Å². The summed E-state index contributed by atoms with van der Waals surface area (Å²) < 4.78 is 0. The Balaban J connectivity index is 0.0000182. The second kappa shape index (κ2) is 62.1. The summed E-state index contributed by atoms with van der Waals surface area (Å²) in [6.07, 6.45) is 89.9. The molecule has 0 N–H and O–H groups in total. The Morgan fingerprint density at radius 1 is 0.157 bits per heavy atom. The number of benzene rings is 4. The average Bonchev–Trinajstić information content (AvgIpc) is 1.57. The molecule has 0 saturated heterocycles. The minimum atomic E-state index is 0. The van der Waals surface area contributed by atoms with Crippen LogP contribution in [0, 0.1) is 0 Å². The third kappa shape index (κ3) is 34.2. The van der Waals surface area contributed by atoms with Gasteiger partial charge < -0.3 is 29.9 Å². The zero-order chi connectivity index (χ0) is 84.1. The van der Waals surface area contributed by atoms with Crippen LogP contribution in [0.3, 0.4) is 0 Å². The summed E-state index contributed by atoms with van der Waals surface area (Å²) in [7, 11) is 0. The van der Waals surface area contributed by atoms with Crippen LogP contribution in [-0.2, 0) is 70.8 Å². The molecule has 9 heteroatoms. The van der Waals surface area contributed by atoms with Gasteiger partial charge in [-0.25, -0.2) is 9.97 Å². The molecule has 8 nitrogen and oxygen atoms in total. The Labute approximate surface area is 754 Å². The molecule has 0 aliphatic carbocycles. The maximum absolute atomic E-state index is 6.18. The molecule has 2 aliphatic rings. The molecule has 0 amide bonds. The fourth-order valence-corrected chi connectivity index (χ4v) is 20.0. The van der Waals surface area contributed by atoms with Gasteiger partial charge in [0, 0.05) is 44.8 Å². The van der Waals surface area contributed by atoms with E-state index in [9.17, 15) is 0 Å². The summed E-state index contributed by atoms with van der Waals surface area (Å²) in [5.41, 5.74) is 18.6. The van der Waals surface area contributed by atoms with Crippen molar-refractivity contribution >= 4 is 44.1 Å². The molecule has 0 spiro atoms. The molecule has 0 fully saturated rings. The summed E-state index contributed by atoms with van der Waals surface area (Å²) in [5, 5.41) is 4.74. The number of unbranched alkanes of at least 4 members (excludes halogenated alkanes) is 56. The van der Waals surface area contributed by atoms with Crippen molar-refractivity contribution in [2.45, 2.75) is 518 Å². The summed E-state index contributed by atoms with van der Waals surface area (Å²) >= 11 is 0. The van der Waals surface area contributed by atoms with Crippen molar-refractivity contribution < 1.29 is 19.5 Å². The number of hydrogen-bond donors (Lipinski definition) is 0. The molecule has 5 heterocycles. The van der Waals surface area contributed by atoms with Crippen LogP contribution >= 0.6 is 0 Å². The van der Waals surface area contributed by atoms with Gasteiger partial charge in [0.05, 0.1) is 23.3 Å². The van der Waals surface area contributed by atoms with Gasteiger partial charge in [-0.1, -0.05) is 463 Å². The minimum Gasteiger partial charge on any atom is -0.357 e. The second-order valence-corrected chi connectivity index (χ2v) is 37.8. The first-order valence-electron chi connectivity index (χ1n) is 52.7. The van der Waals surface area contributed by atoms with Crippen LogP contribution in [0.15, 0.2) is 48.5 Å². The van der Waals surface area contributed by atoms with Crippen molar-refractivity contribution in [3.05, 3.63) is 93.0 Å². The van der Waals surface area contributed by atoms with Crippen LogP contribution in [-0.4, -0.2) is 29.9 Å². The fraction of sp³-hybridized carbons (Fsp3) is 0.714. The first-order chi connectivity index (χ1) is 59.4. The van der Waals surface area contributed by atoms with E-state index in [1.54, 1.807) is 0 Å². The minimum absolute atomic E-state index is 0. The number of aromatic nitrogens is 8. The number of hydrogen-bond acceptors (Lipinski definition) is 6. The quantitative estimate of drug-likeness (QED) is 0.0274. The average molecular weight is 1700 g/mol. The molecular weight excluding hydrogens is 1520 g/mol. The molecular formula is C112H176N8Zn. The van der Waals surface area contributed by atoms with Gasteiger partial charge in [0.25, 0.3) is 0 Å². The van der Waals surface area contributed by atoms with E-state index in [0.717, 1.165) is 149 Å². The van der Waals surface area contributed by atoms with Gasteiger partial charge >= 0.3 is 19.5 Å². The SMILES string of the molecule is CCCCCCCCCCc1ccc(CCCCCCCCCC)c2c1-c1nc-2nc2[n-]c(nc3nc(nc4[n-]c(n1)c1c(CCCCCCCCCC)ccc(CCCCCCCCCC)c41)-c1c(CCCCCCCCCC)ccc(CCCCCCCCCC)c1-3)c1c(CCCCCCCCCC)ccc(CCCCCCCCCC)c21.[Zn+2]. The van der Waals surface area contributed by atoms with Gasteiger partial charge in [0.2, 0.25) is 0 Å². The van der Waals surface area contributed by atoms with Crippen LogP contribution < -0.4 is 9.97 Å². The largest absolute Gasteiger partial charge is 2.00 e. The maximum Gasteiger partial charge on any atom is 2.00 e. The van der Waals surface area contributed by atoms with Crippen LogP contribution in [0.1, 0.15) is 511 Å². The number of rotatable bonds is 72. The van der Waals surface area contributed by atoms with Gasteiger partial charge in [0.15, 0.2) is 0 Å². The van der Waals surface area contributed by atoms with E-state index in [1.807, 2.05) is 0 Å². The summed E-state index contributed by atoms with van der Waals surface area (Å²) in [4.78, 5) is 48.9. The van der Waals surface area contributed by atoms with Crippen molar-refractivity contribution in [1.29, 1.82) is 0 Å². The standard InChI is InChI=1S/C112H176N8.Zn/c1-9-17-25-33-41-49-57-65-73-89-81-82-90(74-66-58-50-42-34-26-18-10-2)98-97(89)105-113-106(98)118-108-101-93(77-69-61-53-45-37-29-21-13-5)85-86-94(78-70-62-54-46-38-30-22-14-6)102(101)110(115-108)120-112-104-96(80-72-64-56-48-40-32-24-16-8)88-87-95(79-71-63-55-47-39-31-23-15-7)103(104)111(116-112)119-109-100-92(76-68-60-52-44-36-28-20-12-4)84-83-91(99(100)107(114-109)117-105)75-67-59-51-43-35-27-19-11-3;/h81-88H,9-80H2,1-8H3;/q-2;+2. The topological polar surface area (TPSA) is 106 Å². The molecule has 666 valence electrons. The van der Waals surface area contributed by atoms with Gasteiger partial charge in [-0.15, -0.1) is 0 Å². The third-order valence-corrected chi connectivity index (χ3v) is 27.4. The molecule has 0 radical (unpaired) electrons. The Morgan fingerprint density at radius 2 is 0.281 bits per heavy atom. The Morgan fingerprint density at radius 3 is 0.430 bits per heavy atom. The maximum atomic E-state index is 6.18. The summed E-state index contributed by atoms with van der Waals surface area (Å²) in [6.45, 7) is 18.7. The second-order valence-electron chi connectivity index (χ2n) is 37.8. The molecule has 2 aliphatic heterocycles. The molecule has 121 heavy (non-hydrogen) atoms. The predicted octanol–water partition coefficient (Wildman–Crippen LogP) is 35.6. The van der Waals surface area contributed by atoms with E-state index in [-0.39, 0.29) is 19.5 Å². The van der Waals surface area contributed by atoms with Crippen molar-refractivity contribution in [1.82, 2.24) is 39.9 Å². The molecule has 4 aromatic carbocycles. The first-order valence-corrected chi connectivity index (χ1v) is 52.7. The first kappa shape index (κ1) is 101. The van der Waals surface area contributed by atoms with Crippen molar-refractivity contribution in [2.75, 3.05) is 0 Å². The number of aryl methyl sites for hydroxylation is 8. The van der Waals surface area contributed by atoms with Crippen LogP contribution in [0.2, 0.25) is 0 Å². The van der Waals surface area contributed by atoms with Crippen molar-refractivity contribution in [3.63, 3.8) is 0 Å². The van der Waals surface area contributed by atoms with Gasteiger partial charge in [-0.05, 0) is 169 Å². The molecule has 3 aromatic heterocycles. The van der Waals surface area contributed by atoms with Gasteiger partial charge in [-0.3, -0.25) is 0 Å². The molecule has 8 bridgehead atoms. The van der Waals surface area contributed by atoms with Crippen molar-refractivity contribution in [2.24, 2.45) is 0 Å². The monoisotopic (exact) mass is 1700 g/mol.